The fraction of sp³-hybridized carbons (Fsp3) is 0.471. The molecule has 6 heteroatoms. The van der Waals surface area contributed by atoms with Crippen LogP contribution in [0, 0.1) is 0 Å². The van der Waals surface area contributed by atoms with Gasteiger partial charge in [-0.1, -0.05) is 6.07 Å². The van der Waals surface area contributed by atoms with Crippen molar-refractivity contribution in [3.63, 3.8) is 0 Å². The van der Waals surface area contributed by atoms with E-state index in [1.165, 1.54) is 0 Å². The Morgan fingerprint density at radius 1 is 1.22 bits per heavy atom. The molecule has 0 bridgehead atoms. The van der Waals surface area contributed by atoms with E-state index in [9.17, 15) is 0 Å². The fourth-order valence-electron chi connectivity index (χ4n) is 3.52. The number of ether oxygens (including phenoxy) is 2. The molecule has 0 aromatic carbocycles. The smallest absolute Gasteiger partial charge is 0.132 e. The average Bonchev–Trinajstić information content (AvgIpc) is 3.05. The van der Waals surface area contributed by atoms with Crippen LogP contribution in [0.3, 0.4) is 0 Å². The molecule has 0 unspecified atom stereocenters. The SMILES string of the molecule is c1cncc(CO[C@@H]2CC[C@H]3[C@H]2OCCN3c2ccncn2)c1. The fourth-order valence-corrected chi connectivity index (χ4v) is 3.52. The van der Waals surface area contributed by atoms with Crippen LogP contribution in [0.25, 0.3) is 0 Å². The Bertz CT molecular complexity index is 625. The molecule has 1 aliphatic heterocycles. The zero-order chi connectivity index (χ0) is 15.5. The zero-order valence-electron chi connectivity index (χ0n) is 12.9. The first kappa shape index (κ1) is 14.5. The third-order valence-corrected chi connectivity index (χ3v) is 4.58. The third-order valence-electron chi connectivity index (χ3n) is 4.58. The Balaban J connectivity index is 1.43. The van der Waals surface area contributed by atoms with E-state index in [1.54, 1.807) is 18.7 Å². The number of anilines is 1. The van der Waals surface area contributed by atoms with Gasteiger partial charge in [0, 0.05) is 25.1 Å². The van der Waals surface area contributed by atoms with Crippen LogP contribution in [0.5, 0.6) is 0 Å². The molecule has 2 aliphatic rings. The highest BCUT2D eigenvalue weighted by Gasteiger charge is 2.43. The van der Waals surface area contributed by atoms with E-state index >= 15 is 0 Å². The van der Waals surface area contributed by atoms with Gasteiger partial charge in [0.2, 0.25) is 0 Å². The molecule has 3 atom stereocenters. The number of morpholine rings is 1. The lowest BCUT2D eigenvalue weighted by molar-refractivity contribution is -0.0772. The second-order valence-electron chi connectivity index (χ2n) is 5.95. The quantitative estimate of drug-likeness (QED) is 0.858. The molecule has 2 aromatic rings. The monoisotopic (exact) mass is 312 g/mol. The van der Waals surface area contributed by atoms with Gasteiger partial charge < -0.3 is 14.4 Å². The van der Waals surface area contributed by atoms with Crippen LogP contribution in [-0.2, 0) is 16.1 Å². The largest absolute Gasteiger partial charge is 0.372 e. The second-order valence-corrected chi connectivity index (χ2v) is 5.95. The second kappa shape index (κ2) is 6.60. The minimum absolute atomic E-state index is 0.107. The maximum Gasteiger partial charge on any atom is 0.132 e. The van der Waals surface area contributed by atoms with Gasteiger partial charge in [-0.15, -0.1) is 0 Å². The molecule has 2 fully saturated rings. The molecule has 23 heavy (non-hydrogen) atoms. The number of nitrogens with zero attached hydrogens (tertiary/aromatic N) is 4. The minimum atomic E-state index is 0.107. The maximum atomic E-state index is 6.12. The summed E-state index contributed by atoms with van der Waals surface area (Å²) >= 11 is 0. The summed E-state index contributed by atoms with van der Waals surface area (Å²) in [6.07, 6.45) is 9.33. The van der Waals surface area contributed by atoms with E-state index in [4.69, 9.17) is 9.47 Å². The number of pyridine rings is 1. The first-order chi connectivity index (χ1) is 11.4. The van der Waals surface area contributed by atoms with Gasteiger partial charge in [0.15, 0.2) is 0 Å². The van der Waals surface area contributed by atoms with Crippen LogP contribution in [0.4, 0.5) is 5.82 Å². The molecule has 0 amide bonds. The van der Waals surface area contributed by atoms with E-state index in [-0.39, 0.29) is 12.2 Å². The average molecular weight is 312 g/mol. The van der Waals surface area contributed by atoms with Gasteiger partial charge in [-0.05, 0) is 30.5 Å². The Morgan fingerprint density at radius 3 is 3.04 bits per heavy atom. The van der Waals surface area contributed by atoms with Crippen LogP contribution in [0.1, 0.15) is 18.4 Å². The summed E-state index contributed by atoms with van der Waals surface area (Å²) in [4.78, 5) is 14.9. The zero-order valence-corrected chi connectivity index (χ0v) is 12.9. The highest BCUT2D eigenvalue weighted by molar-refractivity contribution is 5.40. The van der Waals surface area contributed by atoms with Crippen molar-refractivity contribution in [2.24, 2.45) is 0 Å². The molecule has 3 heterocycles. The molecule has 0 radical (unpaired) electrons. The van der Waals surface area contributed by atoms with Gasteiger partial charge >= 0.3 is 0 Å². The van der Waals surface area contributed by atoms with Gasteiger partial charge in [-0.2, -0.15) is 0 Å². The van der Waals surface area contributed by atoms with Gasteiger partial charge in [-0.25, -0.2) is 9.97 Å². The molecular weight excluding hydrogens is 292 g/mol. The van der Waals surface area contributed by atoms with E-state index < -0.39 is 0 Å². The molecule has 120 valence electrons. The summed E-state index contributed by atoms with van der Waals surface area (Å²) in [6.45, 7) is 2.16. The predicted octanol–water partition coefficient (Wildman–Crippen LogP) is 1.82. The number of fused-ring (bicyclic) bond motifs is 1. The standard InChI is InChI=1S/C17H20N4O2/c1-2-13(10-18-6-1)11-23-15-4-3-14-17(15)22-9-8-21(14)16-5-7-19-12-20-16/h1-2,5-7,10,12,14-15,17H,3-4,8-9,11H2/t14-,15+,17+/m0/s1. The number of hydrogen-bond acceptors (Lipinski definition) is 6. The Morgan fingerprint density at radius 2 is 2.22 bits per heavy atom. The van der Waals surface area contributed by atoms with Crippen molar-refractivity contribution in [3.05, 3.63) is 48.7 Å². The van der Waals surface area contributed by atoms with Crippen molar-refractivity contribution in [2.75, 3.05) is 18.1 Å². The van der Waals surface area contributed by atoms with Gasteiger partial charge in [0.05, 0.1) is 25.4 Å². The van der Waals surface area contributed by atoms with Crippen LogP contribution < -0.4 is 4.90 Å². The van der Waals surface area contributed by atoms with Crippen LogP contribution in [-0.4, -0.2) is 46.4 Å². The molecule has 4 rings (SSSR count). The summed E-state index contributed by atoms with van der Waals surface area (Å²) in [6, 6.07) is 6.27. The first-order valence-electron chi connectivity index (χ1n) is 8.06. The van der Waals surface area contributed by atoms with E-state index in [0.29, 0.717) is 19.3 Å². The summed E-state index contributed by atoms with van der Waals surface area (Å²) in [7, 11) is 0. The van der Waals surface area contributed by atoms with Crippen molar-refractivity contribution >= 4 is 5.82 Å². The summed E-state index contributed by atoms with van der Waals surface area (Å²) in [5.41, 5.74) is 1.10. The maximum absolute atomic E-state index is 6.12. The minimum Gasteiger partial charge on any atom is -0.372 e. The topological polar surface area (TPSA) is 60.4 Å². The Labute approximate surface area is 135 Å². The van der Waals surface area contributed by atoms with E-state index in [1.807, 2.05) is 24.4 Å². The van der Waals surface area contributed by atoms with Crippen molar-refractivity contribution in [2.45, 2.75) is 37.7 Å². The summed E-state index contributed by atoms with van der Waals surface area (Å²) in [5.74, 6) is 0.978. The predicted molar refractivity (Wildman–Crippen MR) is 85.0 cm³/mol. The number of hydrogen-bond donors (Lipinski definition) is 0. The lowest BCUT2D eigenvalue weighted by atomic mass is 10.1. The Hall–Kier alpha value is -2.05. The lowest BCUT2D eigenvalue weighted by Crippen LogP contribution is -2.52. The number of aromatic nitrogens is 3. The molecule has 2 aromatic heterocycles. The molecule has 1 aliphatic carbocycles. The number of rotatable bonds is 4. The van der Waals surface area contributed by atoms with Crippen molar-refractivity contribution < 1.29 is 9.47 Å². The van der Waals surface area contributed by atoms with Crippen molar-refractivity contribution in [1.29, 1.82) is 0 Å². The normalized spacial score (nSPS) is 27.0. The van der Waals surface area contributed by atoms with Crippen molar-refractivity contribution in [1.82, 2.24) is 15.0 Å². The first-order valence-corrected chi connectivity index (χ1v) is 8.06. The molecule has 1 saturated heterocycles. The van der Waals surface area contributed by atoms with Gasteiger partial charge in [0.1, 0.15) is 18.2 Å². The molecular formula is C17H20N4O2. The van der Waals surface area contributed by atoms with Gasteiger partial charge in [0.25, 0.3) is 0 Å². The van der Waals surface area contributed by atoms with Crippen molar-refractivity contribution in [3.8, 4) is 0 Å². The Kier molecular flexibility index (Phi) is 4.17. The van der Waals surface area contributed by atoms with Crippen LogP contribution in [0.2, 0.25) is 0 Å². The van der Waals surface area contributed by atoms with E-state index in [0.717, 1.165) is 30.8 Å². The van der Waals surface area contributed by atoms with Crippen LogP contribution in [0.15, 0.2) is 43.1 Å². The lowest BCUT2D eigenvalue weighted by Gasteiger charge is -2.39. The molecule has 0 N–H and O–H groups in total. The highest BCUT2D eigenvalue weighted by Crippen LogP contribution is 2.34. The van der Waals surface area contributed by atoms with E-state index in [2.05, 4.69) is 19.9 Å². The van der Waals surface area contributed by atoms with Gasteiger partial charge in [-0.3, -0.25) is 4.98 Å². The summed E-state index contributed by atoms with van der Waals surface area (Å²) < 4.78 is 12.1. The third kappa shape index (κ3) is 3.04. The molecule has 6 nitrogen and oxygen atoms in total. The van der Waals surface area contributed by atoms with Crippen LogP contribution >= 0.6 is 0 Å². The summed E-state index contributed by atoms with van der Waals surface area (Å²) in [5, 5.41) is 0. The highest BCUT2D eigenvalue weighted by atomic mass is 16.5. The molecule has 1 saturated carbocycles. The molecule has 0 spiro atoms.